The Morgan fingerprint density at radius 1 is 1.00 bits per heavy atom. The number of aromatic nitrogens is 2. The van der Waals surface area contributed by atoms with E-state index in [-0.39, 0.29) is 18.4 Å². The van der Waals surface area contributed by atoms with Crippen LogP contribution in [0, 0.1) is 0 Å². The maximum atomic E-state index is 12.4. The monoisotopic (exact) mass is 450 g/mol. The third-order valence-electron chi connectivity index (χ3n) is 5.25. The predicted molar refractivity (Wildman–Crippen MR) is 122 cm³/mol. The van der Waals surface area contributed by atoms with Crippen molar-refractivity contribution in [2.75, 3.05) is 43.9 Å². The maximum Gasteiger partial charge on any atom is 0.321 e. The molecule has 0 spiro atoms. The predicted octanol–water partition coefficient (Wildman–Crippen LogP) is 2.61. The molecule has 0 bridgehead atoms. The molecule has 1 saturated heterocycles. The van der Waals surface area contributed by atoms with Gasteiger partial charge in [0.2, 0.25) is 11.8 Å². The number of benzene rings is 2. The summed E-state index contributed by atoms with van der Waals surface area (Å²) in [4.78, 5) is 33.0. The van der Waals surface area contributed by atoms with Gasteiger partial charge in [-0.15, -0.1) is 0 Å². The number of amides is 3. The lowest BCUT2D eigenvalue weighted by Crippen LogP contribution is -2.49. The normalized spacial score (nSPS) is 14.0. The second kappa shape index (κ2) is 10.6. The van der Waals surface area contributed by atoms with Crippen LogP contribution in [0.4, 0.5) is 16.2 Å². The lowest BCUT2D eigenvalue weighted by atomic mass is 10.2. The zero-order valence-electron chi connectivity index (χ0n) is 18.4. The Hall–Kier alpha value is -3.92. The Kier molecular flexibility index (Phi) is 7.16. The molecule has 0 atom stereocenters. The Balaban J connectivity index is 1.23. The van der Waals surface area contributed by atoms with Crippen molar-refractivity contribution in [2.24, 2.45) is 0 Å². The van der Waals surface area contributed by atoms with E-state index in [0.717, 1.165) is 5.69 Å². The zero-order valence-corrected chi connectivity index (χ0v) is 18.4. The fourth-order valence-corrected chi connectivity index (χ4v) is 3.54. The molecule has 172 valence electrons. The van der Waals surface area contributed by atoms with Gasteiger partial charge in [0.15, 0.2) is 5.82 Å². The molecule has 4 rings (SSSR count). The van der Waals surface area contributed by atoms with Crippen LogP contribution in [0.25, 0.3) is 0 Å². The second-order valence-electron chi connectivity index (χ2n) is 7.59. The number of hydrogen-bond donors (Lipinski definition) is 2. The number of nitrogens with one attached hydrogen (secondary N) is 2. The number of nitrogens with zero attached hydrogens (tertiary/aromatic N) is 4. The molecule has 0 aliphatic carbocycles. The van der Waals surface area contributed by atoms with E-state index in [0.29, 0.717) is 55.9 Å². The number of carbonyl (C=O) groups is 2. The Morgan fingerprint density at radius 3 is 2.48 bits per heavy atom. The number of piperazine rings is 1. The van der Waals surface area contributed by atoms with Crippen LogP contribution in [0.5, 0.6) is 5.75 Å². The van der Waals surface area contributed by atoms with E-state index < -0.39 is 0 Å². The highest BCUT2D eigenvalue weighted by atomic mass is 16.5. The number of para-hydroxylation sites is 3. The van der Waals surface area contributed by atoms with Gasteiger partial charge in [0.05, 0.1) is 25.8 Å². The quantitative estimate of drug-likeness (QED) is 0.569. The number of carbonyl (C=O) groups excluding carboxylic acids is 2. The van der Waals surface area contributed by atoms with Crippen LogP contribution in [0.3, 0.4) is 0 Å². The molecule has 0 radical (unpaired) electrons. The summed E-state index contributed by atoms with van der Waals surface area (Å²) >= 11 is 0. The molecule has 10 nitrogen and oxygen atoms in total. The molecule has 1 fully saturated rings. The first-order valence-corrected chi connectivity index (χ1v) is 10.7. The molecule has 3 aromatic rings. The summed E-state index contributed by atoms with van der Waals surface area (Å²) in [5, 5.41) is 9.61. The van der Waals surface area contributed by atoms with Gasteiger partial charge in [-0.1, -0.05) is 35.5 Å². The van der Waals surface area contributed by atoms with Crippen LogP contribution < -0.4 is 15.4 Å². The highest BCUT2D eigenvalue weighted by Crippen LogP contribution is 2.23. The fraction of sp³-hybridized carbons (Fsp3) is 0.304. The molecule has 2 aromatic carbocycles. The molecular formula is C23H26N6O4. The van der Waals surface area contributed by atoms with E-state index in [4.69, 9.17) is 9.26 Å². The van der Waals surface area contributed by atoms with Crippen molar-refractivity contribution >= 4 is 23.3 Å². The summed E-state index contributed by atoms with van der Waals surface area (Å²) in [7, 11) is 1.55. The standard InChI is InChI=1S/C23H26N6O4/c1-32-19-10-6-5-9-18(19)25-21(30)15-20-26-22(33-27-20)16-28-11-13-29(14-12-28)23(31)24-17-7-3-2-4-8-17/h2-10H,11-16H2,1H3,(H,24,31)(H,25,30). The summed E-state index contributed by atoms with van der Waals surface area (Å²) in [5.74, 6) is 1.08. The fourth-order valence-electron chi connectivity index (χ4n) is 3.54. The molecule has 0 unspecified atom stereocenters. The van der Waals surface area contributed by atoms with Gasteiger partial charge < -0.3 is 24.8 Å². The van der Waals surface area contributed by atoms with Crippen molar-refractivity contribution in [3.63, 3.8) is 0 Å². The van der Waals surface area contributed by atoms with Crippen molar-refractivity contribution in [3.05, 3.63) is 66.3 Å². The summed E-state index contributed by atoms with van der Waals surface area (Å²) < 4.78 is 10.6. The number of urea groups is 1. The second-order valence-corrected chi connectivity index (χ2v) is 7.59. The first-order chi connectivity index (χ1) is 16.1. The molecule has 3 amide bonds. The van der Waals surface area contributed by atoms with E-state index in [2.05, 4.69) is 25.7 Å². The van der Waals surface area contributed by atoms with Crippen molar-refractivity contribution < 1.29 is 18.8 Å². The van der Waals surface area contributed by atoms with E-state index in [1.54, 1.807) is 24.1 Å². The molecule has 2 N–H and O–H groups in total. The molecule has 1 aromatic heterocycles. The number of hydrogen-bond acceptors (Lipinski definition) is 7. The van der Waals surface area contributed by atoms with Gasteiger partial charge >= 0.3 is 6.03 Å². The maximum absolute atomic E-state index is 12.4. The summed E-state index contributed by atoms with van der Waals surface area (Å²) in [6, 6.07) is 16.5. The average Bonchev–Trinajstić information content (AvgIpc) is 3.27. The Bertz CT molecular complexity index is 1080. The largest absolute Gasteiger partial charge is 0.495 e. The van der Waals surface area contributed by atoms with Crippen LogP contribution in [0.15, 0.2) is 59.1 Å². The van der Waals surface area contributed by atoms with Gasteiger partial charge in [0, 0.05) is 31.9 Å². The minimum atomic E-state index is -0.259. The van der Waals surface area contributed by atoms with E-state index in [1.807, 2.05) is 42.5 Å². The molecule has 1 aliphatic rings. The molecule has 2 heterocycles. The summed E-state index contributed by atoms with van der Waals surface area (Å²) in [6.45, 7) is 3.04. The molecule has 0 saturated carbocycles. The summed E-state index contributed by atoms with van der Waals surface area (Å²) in [5.41, 5.74) is 1.36. The van der Waals surface area contributed by atoms with Crippen LogP contribution in [0.1, 0.15) is 11.7 Å². The van der Waals surface area contributed by atoms with Gasteiger partial charge in [-0.05, 0) is 24.3 Å². The first kappa shape index (κ1) is 22.3. The number of rotatable bonds is 7. The molecule has 1 aliphatic heterocycles. The molecular weight excluding hydrogens is 424 g/mol. The SMILES string of the molecule is COc1ccccc1NC(=O)Cc1noc(CN2CCN(C(=O)Nc3ccccc3)CC2)n1. The van der Waals surface area contributed by atoms with Crippen molar-refractivity contribution in [1.82, 2.24) is 19.9 Å². The molecule has 33 heavy (non-hydrogen) atoms. The number of ether oxygens (including phenoxy) is 1. The van der Waals surface area contributed by atoms with E-state index in [9.17, 15) is 9.59 Å². The van der Waals surface area contributed by atoms with Gasteiger partial charge in [-0.2, -0.15) is 4.98 Å². The number of anilines is 2. The van der Waals surface area contributed by atoms with Crippen molar-refractivity contribution in [3.8, 4) is 5.75 Å². The summed E-state index contributed by atoms with van der Waals surface area (Å²) in [6.07, 6.45) is -0.00498. The third kappa shape index (κ3) is 6.07. The van der Waals surface area contributed by atoms with Crippen LogP contribution in [-0.4, -0.2) is 65.2 Å². The minimum Gasteiger partial charge on any atom is -0.495 e. The lowest BCUT2D eigenvalue weighted by molar-refractivity contribution is -0.115. The first-order valence-electron chi connectivity index (χ1n) is 10.7. The van der Waals surface area contributed by atoms with Crippen LogP contribution in [0.2, 0.25) is 0 Å². The van der Waals surface area contributed by atoms with Gasteiger partial charge in [0.25, 0.3) is 0 Å². The van der Waals surface area contributed by atoms with Crippen molar-refractivity contribution in [2.45, 2.75) is 13.0 Å². The van der Waals surface area contributed by atoms with Gasteiger partial charge in [0.1, 0.15) is 5.75 Å². The average molecular weight is 450 g/mol. The zero-order chi connectivity index (χ0) is 23.0. The molecule has 10 heteroatoms. The van der Waals surface area contributed by atoms with Gasteiger partial charge in [-0.3, -0.25) is 9.69 Å². The highest BCUT2D eigenvalue weighted by molar-refractivity contribution is 5.93. The lowest BCUT2D eigenvalue weighted by Gasteiger charge is -2.33. The van der Waals surface area contributed by atoms with Crippen molar-refractivity contribution in [1.29, 1.82) is 0 Å². The topological polar surface area (TPSA) is 113 Å². The minimum absolute atomic E-state index is 0.00498. The Labute approximate surface area is 191 Å². The highest BCUT2D eigenvalue weighted by Gasteiger charge is 2.23. The number of methoxy groups -OCH3 is 1. The van der Waals surface area contributed by atoms with Crippen LogP contribution >= 0.6 is 0 Å². The van der Waals surface area contributed by atoms with Crippen LogP contribution in [-0.2, 0) is 17.8 Å². The third-order valence-corrected chi connectivity index (χ3v) is 5.25. The smallest absolute Gasteiger partial charge is 0.321 e. The van der Waals surface area contributed by atoms with Gasteiger partial charge in [-0.25, -0.2) is 4.79 Å². The van der Waals surface area contributed by atoms with E-state index >= 15 is 0 Å². The Morgan fingerprint density at radius 2 is 1.73 bits per heavy atom. The van der Waals surface area contributed by atoms with E-state index in [1.165, 1.54) is 0 Å².